The molecule has 5 nitrogen and oxygen atoms in total. The van der Waals surface area contributed by atoms with E-state index in [0.717, 1.165) is 11.1 Å². The Morgan fingerprint density at radius 2 is 1.92 bits per heavy atom. The largest absolute Gasteiger partial charge is 0.449 e. The molecular formula is C17H16Cl2N2O3. The summed E-state index contributed by atoms with van der Waals surface area (Å²) < 4.78 is 5.22. The van der Waals surface area contributed by atoms with Crippen molar-refractivity contribution in [2.45, 2.75) is 26.9 Å². The fourth-order valence-corrected chi connectivity index (χ4v) is 2.39. The predicted molar refractivity (Wildman–Crippen MR) is 93.7 cm³/mol. The minimum atomic E-state index is -1.01. The smallest absolute Gasteiger partial charge is 0.339 e. The molecule has 126 valence electrons. The van der Waals surface area contributed by atoms with Crippen LogP contribution in [0.25, 0.3) is 0 Å². The van der Waals surface area contributed by atoms with E-state index >= 15 is 0 Å². The second-order valence-corrected chi connectivity index (χ2v) is 6.18. The Morgan fingerprint density at radius 3 is 2.58 bits per heavy atom. The highest BCUT2D eigenvalue weighted by Gasteiger charge is 2.21. The topological polar surface area (TPSA) is 68.3 Å². The average Bonchev–Trinajstić information content (AvgIpc) is 2.52. The maximum Gasteiger partial charge on any atom is 0.339 e. The number of nitrogens with one attached hydrogen (secondary N) is 1. The highest BCUT2D eigenvalue weighted by molar-refractivity contribution is 6.36. The molecule has 0 fully saturated rings. The fourth-order valence-electron chi connectivity index (χ4n) is 1.96. The monoisotopic (exact) mass is 366 g/mol. The lowest BCUT2D eigenvalue weighted by Gasteiger charge is -2.15. The van der Waals surface area contributed by atoms with Gasteiger partial charge in [-0.1, -0.05) is 40.9 Å². The van der Waals surface area contributed by atoms with Crippen molar-refractivity contribution in [3.05, 3.63) is 57.2 Å². The zero-order chi connectivity index (χ0) is 17.9. The van der Waals surface area contributed by atoms with Crippen molar-refractivity contribution in [1.29, 1.82) is 0 Å². The number of esters is 1. The fraction of sp³-hybridized carbons (Fsp3) is 0.235. The van der Waals surface area contributed by atoms with Gasteiger partial charge in [0.15, 0.2) is 11.9 Å². The molecule has 2 rings (SSSR count). The molecule has 7 heteroatoms. The molecule has 0 saturated heterocycles. The first-order chi connectivity index (χ1) is 11.3. The molecule has 1 atom stereocenters. The number of pyridine rings is 1. The second-order valence-electron chi connectivity index (χ2n) is 5.34. The number of hydrogen-bond acceptors (Lipinski definition) is 4. The van der Waals surface area contributed by atoms with E-state index in [9.17, 15) is 9.59 Å². The van der Waals surface area contributed by atoms with Gasteiger partial charge in [-0.3, -0.25) is 4.79 Å². The number of halogens is 2. The summed E-state index contributed by atoms with van der Waals surface area (Å²) in [7, 11) is 0. The average molecular weight is 367 g/mol. The maximum absolute atomic E-state index is 12.2. The van der Waals surface area contributed by atoms with E-state index in [1.165, 1.54) is 19.2 Å². The van der Waals surface area contributed by atoms with Crippen LogP contribution in [0.1, 0.15) is 28.4 Å². The van der Waals surface area contributed by atoms with Gasteiger partial charge in [0.2, 0.25) is 0 Å². The van der Waals surface area contributed by atoms with Crippen molar-refractivity contribution in [3.63, 3.8) is 0 Å². The van der Waals surface area contributed by atoms with Gasteiger partial charge in [0, 0.05) is 6.20 Å². The molecule has 0 bridgehead atoms. The zero-order valence-corrected chi connectivity index (χ0v) is 14.9. The summed E-state index contributed by atoms with van der Waals surface area (Å²) in [4.78, 5) is 28.3. The summed E-state index contributed by atoms with van der Waals surface area (Å²) in [5.74, 6) is -0.944. The molecule has 0 aliphatic heterocycles. The molecule has 0 saturated carbocycles. The molecule has 1 heterocycles. The van der Waals surface area contributed by atoms with Crippen LogP contribution < -0.4 is 5.32 Å². The van der Waals surface area contributed by atoms with Crippen LogP contribution in [-0.4, -0.2) is 23.0 Å². The Hall–Kier alpha value is -2.11. The number of benzene rings is 1. The summed E-state index contributed by atoms with van der Waals surface area (Å²) in [6.45, 7) is 5.15. The molecule has 1 aromatic carbocycles. The van der Waals surface area contributed by atoms with Crippen molar-refractivity contribution in [2.24, 2.45) is 0 Å². The van der Waals surface area contributed by atoms with Gasteiger partial charge in [0.25, 0.3) is 5.91 Å². The Bertz CT molecular complexity index is 793. The van der Waals surface area contributed by atoms with Gasteiger partial charge >= 0.3 is 5.97 Å². The van der Waals surface area contributed by atoms with E-state index in [0.29, 0.717) is 10.6 Å². The molecule has 0 aliphatic rings. The molecule has 2 aromatic rings. The molecule has 0 unspecified atom stereocenters. The van der Waals surface area contributed by atoms with Gasteiger partial charge < -0.3 is 10.1 Å². The number of rotatable bonds is 4. The van der Waals surface area contributed by atoms with Crippen LogP contribution in [0.15, 0.2) is 30.5 Å². The van der Waals surface area contributed by atoms with E-state index in [1.807, 2.05) is 19.1 Å². The van der Waals surface area contributed by atoms with Crippen LogP contribution in [-0.2, 0) is 9.53 Å². The van der Waals surface area contributed by atoms with E-state index in [4.69, 9.17) is 27.9 Å². The summed E-state index contributed by atoms with van der Waals surface area (Å²) in [6, 6.07) is 6.91. The number of carbonyl (C=O) groups is 2. The lowest BCUT2D eigenvalue weighted by Crippen LogP contribution is -2.30. The third kappa shape index (κ3) is 4.46. The molecular weight excluding hydrogens is 351 g/mol. The highest BCUT2D eigenvalue weighted by atomic mass is 35.5. The first-order valence-electron chi connectivity index (χ1n) is 7.18. The number of nitrogens with zero attached hydrogens (tertiary/aromatic N) is 1. The van der Waals surface area contributed by atoms with E-state index in [1.54, 1.807) is 13.0 Å². The van der Waals surface area contributed by atoms with Crippen molar-refractivity contribution < 1.29 is 14.3 Å². The summed E-state index contributed by atoms with van der Waals surface area (Å²) in [5.41, 5.74) is 2.14. The van der Waals surface area contributed by atoms with Crippen molar-refractivity contribution in [3.8, 4) is 0 Å². The van der Waals surface area contributed by atoms with Gasteiger partial charge in [-0.05, 0) is 38.5 Å². The number of ether oxygens (including phenoxy) is 1. The van der Waals surface area contributed by atoms with Crippen molar-refractivity contribution >= 4 is 40.9 Å². The number of amides is 1. The summed E-state index contributed by atoms with van der Waals surface area (Å²) in [6.07, 6.45) is 0.349. The molecule has 24 heavy (non-hydrogen) atoms. The minimum absolute atomic E-state index is 0.153. The third-order valence-corrected chi connectivity index (χ3v) is 3.81. The molecule has 0 radical (unpaired) electrons. The molecule has 1 N–H and O–H groups in total. The molecule has 1 aromatic heterocycles. The van der Waals surface area contributed by atoms with Crippen LogP contribution in [0.2, 0.25) is 10.0 Å². The zero-order valence-electron chi connectivity index (χ0n) is 13.4. The van der Waals surface area contributed by atoms with Crippen LogP contribution in [0, 0.1) is 13.8 Å². The Morgan fingerprint density at radius 1 is 1.21 bits per heavy atom. The quantitative estimate of drug-likeness (QED) is 0.823. The molecule has 0 aliphatic carbocycles. The van der Waals surface area contributed by atoms with Gasteiger partial charge in [-0.25, -0.2) is 9.78 Å². The Labute approximate surface area is 149 Å². The lowest BCUT2D eigenvalue weighted by atomic mass is 10.1. The molecule has 1 amide bonds. The number of anilines is 1. The van der Waals surface area contributed by atoms with E-state index < -0.39 is 18.0 Å². The summed E-state index contributed by atoms with van der Waals surface area (Å²) in [5, 5.41) is 3.05. The standard InChI is InChI=1S/C17H16Cl2N2O3/c1-9-4-5-10(2)13(6-9)17(23)24-11(3)16(22)21-15-14(19)7-12(18)8-20-15/h4-8,11H,1-3H3,(H,20,21,22)/t11-/m0/s1. The van der Waals surface area contributed by atoms with E-state index in [-0.39, 0.29) is 10.8 Å². The van der Waals surface area contributed by atoms with Gasteiger partial charge in [0.05, 0.1) is 15.6 Å². The van der Waals surface area contributed by atoms with Crippen LogP contribution >= 0.6 is 23.2 Å². The lowest BCUT2D eigenvalue weighted by molar-refractivity contribution is -0.123. The van der Waals surface area contributed by atoms with E-state index in [2.05, 4.69) is 10.3 Å². The SMILES string of the molecule is Cc1ccc(C)c(C(=O)O[C@@H](C)C(=O)Nc2ncc(Cl)cc2Cl)c1. The Kier molecular flexibility index (Phi) is 5.80. The van der Waals surface area contributed by atoms with Crippen molar-refractivity contribution in [2.75, 3.05) is 5.32 Å². The number of aromatic nitrogens is 1. The number of hydrogen-bond donors (Lipinski definition) is 1. The Balaban J connectivity index is 2.05. The second kappa shape index (κ2) is 7.64. The third-order valence-electron chi connectivity index (χ3n) is 3.32. The number of carbonyl (C=O) groups excluding carboxylic acids is 2. The number of aryl methyl sites for hydroxylation is 2. The normalized spacial score (nSPS) is 11.7. The van der Waals surface area contributed by atoms with Crippen LogP contribution in [0.5, 0.6) is 0 Å². The minimum Gasteiger partial charge on any atom is -0.449 e. The first-order valence-corrected chi connectivity index (χ1v) is 7.93. The predicted octanol–water partition coefficient (Wildman–Crippen LogP) is 4.19. The summed E-state index contributed by atoms with van der Waals surface area (Å²) >= 11 is 11.7. The van der Waals surface area contributed by atoms with Crippen LogP contribution in [0.4, 0.5) is 5.82 Å². The molecule has 0 spiro atoms. The van der Waals surface area contributed by atoms with Gasteiger partial charge in [-0.15, -0.1) is 0 Å². The first kappa shape index (κ1) is 18.2. The van der Waals surface area contributed by atoms with Gasteiger partial charge in [-0.2, -0.15) is 0 Å². The van der Waals surface area contributed by atoms with Gasteiger partial charge in [0.1, 0.15) is 0 Å². The maximum atomic E-state index is 12.2. The van der Waals surface area contributed by atoms with Crippen LogP contribution in [0.3, 0.4) is 0 Å². The van der Waals surface area contributed by atoms with Crippen molar-refractivity contribution in [1.82, 2.24) is 4.98 Å². The highest BCUT2D eigenvalue weighted by Crippen LogP contribution is 2.22.